The van der Waals surface area contributed by atoms with Crippen molar-refractivity contribution in [3.8, 4) is 5.75 Å². The molecule has 2 N–H and O–H groups in total. The Bertz CT molecular complexity index is 409. The average Bonchev–Trinajstić information content (AvgIpc) is 2.28. The Kier molecular flexibility index (Phi) is 5.52. The van der Waals surface area contributed by atoms with Gasteiger partial charge in [-0.25, -0.2) is 0 Å². The van der Waals surface area contributed by atoms with Crippen LogP contribution in [0.4, 0.5) is 0 Å². The molecule has 1 atom stereocenters. The number of nitrogens with one attached hydrogen (secondary N) is 1. The van der Waals surface area contributed by atoms with E-state index in [2.05, 4.69) is 27.9 Å². The van der Waals surface area contributed by atoms with E-state index in [1.165, 1.54) is 6.07 Å². The molecule has 1 unspecified atom stereocenters. The number of halogens is 2. The highest BCUT2D eigenvalue weighted by molar-refractivity contribution is 14.1. The van der Waals surface area contributed by atoms with Crippen LogP contribution in [0.1, 0.15) is 24.2 Å². The second kappa shape index (κ2) is 6.44. The van der Waals surface area contributed by atoms with Crippen molar-refractivity contribution >= 4 is 40.1 Å². The monoisotopic (exact) mass is 367 g/mol. The van der Waals surface area contributed by atoms with Crippen molar-refractivity contribution in [3.63, 3.8) is 0 Å². The fraction of sp³-hybridized carbons (Fsp3) is 0.417. The lowest BCUT2D eigenvalue weighted by molar-refractivity contribution is 0.0928. The summed E-state index contributed by atoms with van der Waals surface area (Å²) in [6, 6.07) is 4.81. The number of amides is 1. The van der Waals surface area contributed by atoms with Crippen molar-refractivity contribution in [2.75, 3.05) is 5.88 Å². The van der Waals surface area contributed by atoms with Crippen LogP contribution in [0.3, 0.4) is 0 Å². The predicted octanol–water partition coefficient (Wildman–Crippen LogP) is 2.99. The molecule has 0 fully saturated rings. The number of rotatable bonds is 4. The van der Waals surface area contributed by atoms with Crippen LogP contribution in [0.25, 0.3) is 0 Å². The molecular formula is C12H15ClINO2. The number of aromatic hydroxyl groups is 1. The minimum Gasteiger partial charge on any atom is -0.507 e. The highest BCUT2D eigenvalue weighted by atomic mass is 127. The molecule has 0 bridgehead atoms. The van der Waals surface area contributed by atoms with Gasteiger partial charge in [-0.15, -0.1) is 11.6 Å². The molecule has 0 aromatic heterocycles. The molecule has 94 valence electrons. The number of benzene rings is 1. The molecule has 0 aliphatic heterocycles. The maximum absolute atomic E-state index is 12.0. The summed E-state index contributed by atoms with van der Waals surface area (Å²) in [7, 11) is 0. The van der Waals surface area contributed by atoms with Gasteiger partial charge in [0, 0.05) is 15.5 Å². The summed E-state index contributed by atoms with van der Waals surface area (Å²) in [5.74, 6) is 0.301. The molecule has 1 rings (SSSR count). The first kappa shape index (κ1) is 14.6. The maximum Gasteiger partial charge on any atom is 0.255 e. The van der Waals surface area contributed by atoms with E-state index in [9.17, 15) is 9.90 Å². The third-order valence-corrected chi connectivity index (χ3v) is 3.49. The van der Waals surface area contributed by atoms with Crippen LogP contribution < -0.4 is 5.32 Å². The zero-order valence-corrected chi connectivity index (χ0v) is 12.6. The van der Waals surface area contributed by atoms with Gasteiger partial charge in [0.1, 0.15) is 5.75 Å². The summed E-state index contributed by atoms with van der Waals surface area (Å²) < 4.78 is 0.900. The Hall–Kier alpha value is -0.490. The first-order valence-corrected chi connectivity index (χ1v) is 6.92. The lowest BCUT2D eigenvalue weighted by Crippen LogP contribution is -2.39. The Morgan fingerprint density at radius 1 is 1.53 bits per heavy atom. The first-order chi connectivity index (χ1) is 7.95. The van der Waals surface area contributed by atoms with Gasteiger partial charge in [0.25, 0.3) is 5.91 Å². The molecule has 0 spiro atoms. The fourth-order valence-electron chi connectivity index (χ4n) is 1.32. The highest BCUT2D eigenvalue weighted by Crippen LogP contribution is 2.20. The van der Waals surface area contributed by atoms with Crippen molar-refractivity contribution in [1.29, 1.82) is 0 Å². The topological polar surface area (TPSA) is 49.3 Å². The molecule has 17 heavy (non-hydrogen) atoms. The van der Waals surface area contributed by atoms with Crippen LogP contribution >= 0.6 is 34.2 Å². The molecule has 0 saturated carbocycles. The summed E-state index contributed by atoms with van der Waals surface area (Å²) in [6.45, 7) is 3.98. The lowest BCUT2D eigenvalue weighted by Gasteiger charge is -2.20. The zero-order chi connectivity index (χ0) is 13.0. The van der Waals surface area contributed by atoms with Crippen LogP contribution in [0.15, 0.2) is 18.2 Å². The van der Waals surface area contributed by atoms with Gasteiger partial charge in [0.05, 0.1) is 5.56 Å². The number of carbonyl (C=O) groups excluding carboxylic acids is 1. The highest BCUT2D eigenvalue weighted by Gasteiger charge is 2.18. The van der Waals surface area contributed by atoms with Gasteiger partial charge in [-0.1, -0.05) is 13.8 Å². The Balaban J connectivity index is 2.86. The van der Waals surface area contributed by atoms with E-state index in [0.29, 0.717) is 5.88 Å². The molecule has 0 radical (unpaired) electrons. The van der Waals surface area contributed by atoms with E-state index >= 15 is 0 Å². The summed E-state index contributed by atoms with van der Waals surface area (Å²) in [4.78, 5) is 12.0. The molecule has 0 aliphatic carbocycles. The SMILES string of the molecule is CC(C)C(CCl)NC(=O)c1cc(I)ccc1O. The Morgan fingerprint density at radius 3 is 2.71 bits per heavy atom. The Labute approximate surface area is 120 Å². The van der Waals surface area contributed by atoms with Crippen LogP contribution in [-0.4, -0.2) is 22.9 Å². The molecule has 5 heteroatoms. The maximum atomic E-state index is 12.0. The molecule has 0 heterocycles. The second-order valence-electron chi connectivity index (χ2n) is 4.14. The number of phenols is 1. The van der Waals surface area contributed by atoms with E-state index in [1.54, 1.807) is 12.1 Å². The molecule has 1 aromatic rings. The number of hydrogen-bond acceptors (Lipinski definition) is 2. The van der Waals surface area contributed by atoms with Gasteiger partial charge in [-0.05, 0) is 46.7 Å². The lowest BCUT2D eigenvalue weighted by atomic mass is 10.1. The van der Waals surface area contributed by atoms with Gasteiger partial charge >= 0.3 is 0 Å². The summed E-state index contributed by atoms with van der Waals surface area (Å²) in [6.07, 6.45) is 0. The smallest absolute Gasteiger partial charge is 0.255 e. The predicted molar refractivity (Wildman–Crippen MR) is 77.6 cm³/mol. The third kappa shape index (κ3) is 4.03. The quantitative estimate of drug-likeness (QED) is 0.635. The number of alkyl halides is 1. The van der Waals surface area contributed by atoms with E-state index in [-0.39, 0.29) is 29.2 Å². The van der Waals surface area contributed by atoms with Crippen molar-refractivity contribution in [2.45, 2.75) is 19.9 Å². The van der Waals surface area contributed by atoms with Gasteiger partial charge in [0.2, 0.25) is 0 Å². The molecular weight excluding hydrogens is 352 g/mol. The van der Waals surface area contributed by atoms with Crippen LogP contribution in [0.5, 0.6) is 5.75 Å². The molecule has 1 amide bonds. The van der Waals surface area contributed by atoms with E-state index < -0.39 is 0 Å². The molecule has 3 nitrogen and oxygen atoms in total. The summed E-state index contributed by atoms with van der Waals surface area (Å²) in [5, 5.41) is 12.4. The summed E-state index contributed by atoms with van der Waals surface area (Å²) in [5.41, 5.74) is 0.285. The third-order valence-electron chi connectivity index (χ3n) is 2.49. The van der Waals surface area contributed by atoms with E-state index in [4.69, 9.17) is 11.6 Å². The van der Waals surface area contributed by atoms with Crippen LogP contribution in [0, 0.1) is 9.49 Å². The van der Waals surface area contributed by atoms with Gasteiger partial charge in [-0.3, -0.25) is 4.79 Å². The number of hydrogen-bond donors (Lipinski definition) is 2. The molecule has 1 aromatic carbocycles. The van der Waals surface area contributed by atoms with Gasteiger partial charge in [0.15, 0.2) is 0 Å². The number of carbonyl (C=O) groups is 1. The second-order valence-corrected chi connectivity index (χ2v) is 5.69. The normalized spacial score (nSPS) is 12.5. The molecule has 0 saturated heterocycles. The van der Waals surface area contributed by atoms with Crippen molar-refractivity contribution in [2.24, 2.45) is 5.92 Å². The van der Waals surface area contributed by atoms with E-state index in [0.717, 1.165) is 3.57 Å². The van der Waals surface area contributed by atoms with Crippen LogP contribution in [0.2, 0.25) is 0 Å². The summed E-state index contributed by atoms with van der Waals surface area (Å²) >= 11 is 7.88. The zero-order valence-electron chi connectivity index (χ0n) is 9.71. The van der Waals surface area contributed by atoms with Crippen molar-refractivity contribution in [3.05, 3.63) is 27.3 Å². The number of phenolic OH excluding ortho intramolecular Hbond substituents is 1. The Morgan fingerprint density at radius 2 is 2.18 bits per heavy atom. The van der Waals surface area contributed by atoms with Gasteiger partial charge in [-0.2, -0.15) is 0 Å². The standard InChI is InChI=1S/C12H15ClINO2/c1-7(2)10(6-13)15-12(17)9-5-8(14)3-4-11(9)16/h3-5,7,10,16H,6H2,1-2H3,(H,15,17). The van der Waals surface area contributed by atoms with E-state index in [1.807, 2.05) is 13.8 Å². The minimum absolute atomic E-state index is 0.0139. The largest absolute Gasteiger partial charge is 0.507 e. The minimum atomic E-state index is -0.291. The van der Waals surface area contributed by atoms with Gasteiger partial charge < -0.3 is 10.4 Å². The molecule has 0 aliphatic rings. The first-order valence-electron chi connectivity index (χ1n) is 5.31. The van der Waals surface area contributed by atoms with Crippen LogP contribution in [-0.2, 0) is 0 Å². The fourth-order valence-corrected chi connectivity index (χ4v) is 2.24. The van der Waals surface area contributed by atoms with Crippen molar-refractivity contribution < 1.29 is 9.90 Å². The van der Waals surface area contributed by atoms with Crippen molar-refractivity contribution in [1.82, 2.24) is 5.32 Å². The average molecular weight is 368 g/mol.